The lowest BCUT2D eigenvalue weighted by Gasteiger charge is -2.21. The summed E-state index contributed by atoms with van der Waals surface area (Å²) < 4.78 is 32.6. The Morgan fingerprint density at radius 3 is 1.23 bits per heavy atom. The van der Waals surface area contributed by atoms with Gasteiger partial charge >= 0.3 is 0 Å². The molecule has 7 heteroatoms. The summed E-state index contributed by atoms with van der Waals surface area (Å²) in [6, 6.07) is -1.08. The Hall–Kier alpha value is -1.96. The van der Waals surface area contributed by atoms with Gasteiger partial charge in [-0.25, -0.2) is 0 Å². The van der Waals surface area contributed by atoms with Crippen molar-refractivity contribution in [2.75, 3.05) is 5.75 Å². The average molecular weight is 804 g/mol. The van der Waals surface area contributed by atoms with Gasteiger partial charge in [0, 0.05) is 6.42 Å². The molecule has 0 aromatic heterocycles. The van der Waals surface area contributed by atoms with Gasteiger partial charge in [0.05, 0.1) is 17.9 Å². The zero-order valence-corrected chi connectivity index (χ0v) is 37.3. The van der Waals surface area contributed by atoms with Crippen LogP contribution in [0.1, 0.15) is 226 Å². The molecule has 0 saturated carbocycles. The van der Waals surface area contributed by atoms with Gasteiger partial charge in [0.2, 0.25) is 5.91 Å². The third-order valence-corrected chi connectivity index (χ3v) is 11.2. The van der Waals surface area contributed by atoms with Crippen LogP contribution in [0.5, 0.6) is 0 Å². The van der Waals surface area contributed by atoms with Gasteiger partial charge < -0.3 is 10.4 Å². The average Bonchev–Trinajstić information content (AvgIpc) is 3.16. The van der Waals surface area contributed by atoms with Crippen LogP contribution in [0.4, 0.5) is 0 Å². The second kappa shape index (κ2) is 42.6. The van der Waals surface area contributed by atoms with Crippen molar-refractivity contribution in [2.45, 2.75) is 238 Å². The molecule has 0 spiro atoms. The Morgan fingerprint density at radius 1 is 0.482 bits per heavy atom. The number of allylic oxidation sites excluding steroid dienone is 9. The number of amides is 1. The van der Waals surface area contributed by atoms with E-state index in [-0.39, 0.29) is 12.3 Å². The molecule has 0 bridgehead atoms. The maximum atomic E-state index is 12.6. The van der Waals surface area contributed by atoms with Crippen LogP contribution in [-0.2, 0) is 14.9 Å². The van der Waals surface area contributed by atoms with Crippen LogP contribution in [0, 0.1) is 0 Å². The van der Waals surface area contributed by atoms with Gasteiger partial charge in [-0.05, 0) is 77.0 Å². The van der Waals surface area contributed by atoms with Gasteiger partial charge in [-0.15, -0.1) is 0 Å². The second-order valence-electron chi connectivity index (χ2n) is 16.0. The minimum absolute atomic E-state index is 0.280. The lowest BCUT2D eigenvalue weighted by atomic mass is 10.0. The topological polar surface area (TPSA) is 104 Å². The Bertz CT molecular complexity index is 1110. The van der Waals surface area contributed by atoms with E-state index in [9.17, 15) is 22.9 Å². The van der Waals surface area contributed by atoms with E-state index in [1.54, 1.807) is 6.08 Å². The Balaban J connectivity index is 3.91. The number of hydrogen-bond donors (Lipinski definition) is 3. The third-order valence-electron chi connectivity index (χ3n) is 10.4. The second-order valence-corrected chi connectivity index (χ2v) is 17.5. The molecular formula is C49H89NO5S. The maximum Gasteiger partial charge on any atom is 0.267 e. The molecule has 0 aromatic rings. The first kappa shape index (κ1) is 54.0. The van der Waals surface area contributed by atoms with Crippen molar-refractivity contribution >= 4 is 16.0 Å². The minimum Gasteiger partial charge on any atom is -0.387 e. The molecule has 6 nitrogen and oxygen atoms in total. The van der Waals surface area contributed by atoms with Crippen molar-refractivity contribution in [1.82, 2.24) is 5.32 Å². The molecule has 0 aliphatic heterocycles. The van der Waals surface area contributed by atoms with Crippen LogP contribution in [0.25, 0.3) is 0 Å². The minimum atomic E-state index is -4.36. The SMILES string of the molecule is CCCCCCC/C=C\C/C=C\CCCCCCCCCCCCCC(=O)NC(CS(=O)(=O)O)C(O)/C=C/CC/C=C/CC/C=C/CCCCCCCCCC. The summed E-state index contributed by atoms with van der Waals surface area (Å²) in [7, 11) is -4.36. The fourth-order valence-corrected chi connectivity index (χ4v) is 7.60. The number of nitrogens with one attached hydrogen (secondary N) is 1. The predicted octanol–water partition coefficient (Wildman–Crippen LogP) is 14.4. The highest BCUT2D eigenvalue weighted by atomic mass is 32.2. The molecule has 0 fully saturated rings. The normalized spacial score (nSPS) is 13.7. The van der Waals surface area contributed by atoms with Crippen LogP contribution < -0.4 is 5.32 Å². The van der Waals surface area contributed by atoms with Crippen molar-refractivity contribution < 1.29 is 22.9 Å². The highest BCUT2D eigenvalue weighted by Gasteiger charge is 2.24. The fourth-order valence-electron chi connectivity index (χ4n) is 6.86. The summed E-state index contributed by atoms with van der Waals surface area (Å²) >= 11 is 0. The number of unbranched alkanes of at least 4 members (excludes halogenated alkanes) is 26. The van der Waals surface area contributed by atoms with E-state index in [0.717, 1.165) is 44.9 Å². The number of hydrogen-bond acceptors (Lipinski definition) is 4. The quantitative estimate of drug-likeness (QED) is 0.0324. The molecule has 0 rings (SSSR count). The van der Waals surface area contributed by atoms with Crippen LogP contribution >= 0.6 is 0 Å². The Morgan fingerprint density at radius 2 is 0.821 bits per heavy atom. The van der Waals surface area contributed by atoms with Crippen LogP contribution in [0.15, 0.2) is 60.8 Å². The summed E-state index contributed by atoms with van der Waals surface area (Å²) in [4.78, 5) is 12.6. The summed E-state index contributed by atoms with van der Waals surface area (Å²) in [5, 5.41) is 13.2. The van der Waals surface area contributed by atoms with Crippen LogP contribution in [0.2, 0.25) is 0 Å². The molecule has 2 unspecified atom stereocenters. The first-order valence-electron chi connectivity index (χ1n) is 23.5. The lowest BCUT2D eigenvalue weighted by Crippen LogP contribution is -2.46. The zero-order valence-electron chi connectivity index (χ0n) is 36.5. The Kier molecular flexibility index (Phi) is 41.1. The number of aliphatic hydroxyl groups excluding tert-OH is 1. The number of carbonyl (C=O) groups is 1. The van der Waals surface area contributed by atoms with Gasteiger partial charge in [0.1, 0.15) is 0 Å². The fraction of sp³-hybridized carbons (Fsp3) is 0.776. The molecule has 0 radical (unpaired) electrons. The number of rotatable bonds is 42. The van der Waals surface area contributed by atoms with E-state index in [2.05, 4.69) is 67.8 Å². The smallest absolute Gasteiger partial charge is 0.267 e. The molecule has 56 heavy (non-hydrogen) atoms. The predicted molar refractivity (Wildman–Crippen MR) is 244 cm³/mol. The van der Waals surface area contributed by atoms with Crippen molar-refractivity contribution in [3.63, 3.8) is 0 Å². The first-order chi connectivity index (χ1) is 27.3. The van der Waals surface area contributed by atoms with Gasteiger partial charge in [-0.3, -0.25) is 9.35 Å². The van der Waals surface area contributed by atoms with E-state index < -0.39 is 28.0 Å². The standard InChI is InChI=1S/C49H89NO5S/c1-3-5-7-9-11-13-15-17-19-21-23-24-25-26-27-29-31-33-35-37-39-41-43-45-49(52)50-47(46-56(53,54)55)48(51)44-42-40-38-36-34-32-30-28-22-20-18-16-14-12-10-8-6-4-2/h15,17,21-23,28,34,36,42,44,47-48,51H,3-14,16,18-20,24-27,29-33,35,37-41,43,45-46H2,1-2H3,(H,50,52)(H,53,54,55)/b17-15-,23-21-,28-22+,36-34+,44-42+. The number of carbonyl (C=O) groups excluding carboxylic acids is 1. The van der Waals surface area contributed by atoms with Gasteiger partial charge in [0.15, 0.2) is 0 Å². The molecular weight excluding hydrogens is 715 g/mol. The molecule has 0 aliphatic carbocycles. The maximum absolute atomic E-state index is 12.6. The van der Waals surface area contributed by atoms with E-state index >= 15 is 0 Å². The highest BCUT2D eigenvalue weighted by Crippen LogP contribution is 2.14. The molecule has 2 atom stereocenters. The van der Waals surface area contributed by atoms with Crippen molar-refractivity contribution in [3.8, 4) is 0 Å². The number of aliphatic hydroxyl groups is 1. The largest absolute Gasteiger partial charge is 0.387 e. The van der Waals surface area contributed by atoms with Gasteiger partial charge in [0.25, 0.3) is 10.1 Å². The molecule has 326 valence electrons. The third kappa shape index (κ3) is 43.2. The summed E-state index contributed by atoms with van der Waals surface area (Å²) in [6.45, 7) is 4.52. The summed E-state index contributed by atoms with van der Waals surface area (Å²) in [5.74, 6) is -1.01. The molecule has 0 heterocycles. The Labute approximate surface area is 347 Å². The lowest BCUT2D eigenvalue weighted by molar-refractivity contribution is -0.122. The van der Waals surface area contributed by atoms with E-state index in [1.165, 1.54) is 160 Å². The molecule has 0 aliphatic rings. The van der Waals surface area contributed by atoms with Crippen LogP contribution in [-0.4, -0.2) is 41.9 Å². The van der Waals surface area contributed by atoms with Crippen LogP contribution in [0.3, 0.4) is 0 Å². The van der Waals surface area contributed by atoms with E-state index in [4.69, 9.17) is 0 Å². The van der Waals surface area contributed by atoms with Crippen molar-refractivity contribution in [1.29, 1.82) is 0 Å². The van der Waals surface area contributed by atoms with E-state index in [0.29, 0.717) is 6.42 Å². The van der Waals surface area contributed by atoms with E-state index in [1.807, 2.05) is 0 Å². The molecule has 3 N–H and O–H groups in total. The summed E-state index contributed by atoms with van der Waals surface area (Å²) in [6.07, 6.45) is 59.3. The highest BCUT2D eigenvalue weighted by molar-refractivity contribution is 7.85. The molecule has 1 amide bonds. The van der Waals surface area contributed by atoms with Gasteiger partial charge in [-0.1, -0.05) is 203 Å². The van der Waals surface area contributed by atoms with Crippen molar-refractivity contribution in [2.24, 2.45) is 0 Å². The first-order valence-corrected chi connectivity index (χ1v) is 25.1. The molecule has 0 aromatic carbocycles. The zero-order chi connectivity index (χ0) is 41.1. The van der Waals surface area contributed by atoms with Crippen molar-refractivity contribution in [3.05, 3.63) is 60.8 Å². The monoisotopic (exact) mass is 804 g/mol. The molecule has 0 saturated heterocycles. The summed E-state index contributed by atoms with van der Waals surface area (Å²) in [5.41, 5.74) is 0. The van der Waals surface area contributed by atoms with Gasteiger partial charge in [-0.2, -0.15) is 8.42 Å².